The molecule has 0 unspecified atom stereocenters. The first kappa shape index (κ1) is 7.21. The molecule has 0 aliphatic heterocycles. The summed E-state index contributed by atoms with van der Waals surface area (Å²) in [5.41, 5.74) is 5.42. The largest absolute Gasteiger partial charge is 0.324 e. The second kappa shape index (κ2) is 2.79. The molecule has 4 heteroatoms. The Balaban J connectivity index is 3.01. The van der Waals surface area contributed by atoms with Crippen molar-refractivity contribution in [3.05, 3.63) is 11.6 Å². The van der Waals surface area contributed by atoms with Crippen LogP contribution in [0, 0.1) is 6.92 Å². The van der Waals surface area contributed by atoms with E-state index >= 15 is 0 Å². The molecule has 0 aliphatic carbocycles. The van der Waals surface area contributed by atoms with Crippen LogP contribution in [0.15, 0.2) is 0 Å². The summed E-state index contributed by atoms with van der Waals surface area (Å²) in [4.78, 5) is 0. The maximum Gasteiger partial charge on any atom is 0.146 e. The van der Waals surface area contributed by atoms with Gasteiger partial charge in [-0.3, -0.25) is 0 Å². The topological polar surface area (TPSA) is 56.7 Å². The lowest BCUT2D eigenvalue weighted by Gasteiger charge is -2.00. The number of rotatable bonds is 2. The number of hydrogen-bond acceptors (Lipinski definition) is 3. The fourth-order valence-electron chi connectivity index (χ4n) is 0.987. The molecule has 1 aromatic heterocycles. The van der Waals surface area contributed by atoms with Gasteiger partial charge in [-0.25, -0.2) is 0 Å². The van der Waals surface area contributed by atoms with Gasteiger partial charge < -0.3 is 10.3 Å². The molecule has 0 aromatic carbocycles. The van der Waals surface area contributed by atoms with Crippen molar-refractivity contribution in [3.8, 4) is 0 Å². The van der Waals surface area contributed by atoms with E-state index in [2.05, 4.69) is 17.1 Å². The van der Waals surface area contributed by atoms with E-state index in [1.165, 1.54) is 0 Å². The lowest BCUT2D eigenvalue weighted by atomic mass is 10.5. The molecule has 10 heavy (non-hydrogen) atoms. The van der Waals surface area contributed by atoms with Crippen LogP contribution in [0.5, 0.6) is 0 Å². The van der Waals surface area contributed by atoms with E-state index < -0.39 is 0 Å². The van der Waals surface area contributed by atoms with E-state index in [-0.39, 0.29) is 0 Å². The zero-order valence-corrected chi connectivity index (χ0v) is 6.33. The van der Waals surface area contributed by atoms with Crippen molar-refractivity contribution in [3.63, 3.8) is 0 Å². The van der Waals surface area contributed by atoms with Crippen LogP contribution in [-0.4, -0.2) is 14.8 Å². The Kier molecular flexibility index (Phi) is 2.01. The van der Waals surface area contributed by atoms with E-state index in [9.17, 15) is 0 Å². The number of hydrogen-bond donors (Lipinski definition) is 1. The molecule has 2 N–H and O–H groups in total. The van der Waals surface area contributed by atoms with Gasteiger partial charge in [-0.15, -0.1) is 10.2 Å². The van der Waals surface area contributed by atoms with E-state index in [0.717, 1.165) is 18.2 Å². The fraction of sp³-hybridized carbons (Fsp3) is 0.667. The predicted molar refractivity (Wildman–Crippen MR) is 38.3 cm³/mol. The maximum absolute atomic E-state index is 5.42. The average molecular weight is 140 g/mol. The zero-order valence-electron chi connectivity index (χ0n) is 6.33. The highest BCUT2D eigenvalue weighted by Gasteiger charge is 2.02. The standard InChI is InChI=1S/C6H12N4/c1-3-10-5(2)8-9-6(10)4-7/h3-4,7H2,1-2H3. The minimum Gasteiger partial charge on any atom is -0.324 e. The third-order valence-electron chi connectivity index (χ3n) is 1.51. The molecule has 0 fully saturated rings. The predicted octanol–water partition coefficient (Wildman–Crippen LogP) is 0.0651. The molecular weight excluding hydrogens is 128 g/mol. The van der Waals surface area contributed by atoms with Gasteiger partial charge >= 0.3 is 0 Å². The van der Waals surface area contributed by atoms with E-state index in [0.29, 0.717) is 6.54 Å². The van der Waals surface area contributed by atoms with Gasteiger partial charge in [-0.05, 0) is 13.8 Å². The molecule has 0 aliphatic rings. The van der Waals surface area contributed by atoms with Crippen LogP contribution in [0.1, 0.15) is 18.6 Å². The van der Waals surface area contributed by atoms with Gasteiger partial charge in [0.25, 0.3) is 0 Å². The first-order valence-corrected chi connectivity index (χ1v) is 3.38. The molecule has 1 heterocycles. The van der Waals surface area contributed by atoms with Gasteiger partial charge in [0.2, 0.25) is 0 Å². The van der Waals surface area contributed by atoms with Crippen LogP contribution in [0.3, 0.4) is 0 Å². The minimum absolute atomic E-state index is 0.467. The van der Waals surface area contributed by atoms with Crippen LogP contribution in [-0.2, 0) is 13.1 Å². The van der Waals surface area contributed by atoms with Crippen molar-refractivity contribution in [1.29, 1.82) is 0 Å². The number of nitrogens with zero attached hydrogens (tertiary/aromatic N) is 3. The Morgan fingerprint density at radius 3 is 2.60 bits per heavy atom. The molecule has 0 bridgehead atoms. The molecule has 56 valence electrons. The van der Waals surface area contributed by atoms with Gasteiger partial charge in [0.15, 0.2) is 0 Å². The third-order valence-corrected chi connectivity index (χ3v) is 1.51. The summed E-state index contributed by atoms with van der Waals surface area (Å²) < 4.78 is 2.00. The molecular formula is C6H12N4. The fourth-order valence-corrected chi connectivity index (χ4v) is 0.987. The summed E-state index contributed by atoms with van der Waals surface area (Å²) >= 11 is 0. The average Bonchev–Trinajstić information content (AvgIpc) is 2.30. The van der Waals surface area contributed by atoms with E-state index in [1.807, 2.05) is 11.5 Å². The van der Waals surface area contributed by atoms with Crippen LogP contribution in [0.4, 0.5) is 0 Å². The molecule has 0 amide bonds. The van der Waals surface area contributed by atoms with Crippen molar-refractivity contribution >= 4 is 0 Å². The Hall–Kier alpha value is -0.900. The van der Waals surface area contributed by atoms with Gasteiger partial charge in [-0.2, -0.15) is 0 Å². The van der Waals surface area contributed by atoms with Gasteiger partial charge in [0, 0.05) is 6.54 Å². The van der Waals surface area contributed by atoms with Crippen LogP contribution in [0.25, 0.3) is 0 Å². The molecule has 4 nitrogen and oxygen atoms in total. The number of aryl methyl sites for hydroxylation is 1. The Morgan fingerprint density at radius 2 is 2.20 bits per heavy atom. The first-order valence-electron chi connectivity index (χ1n) is 3.38. The van der Waals surface area contributed by atoms with E-state index in [4.69, 9.17) is 5.73 Å². The Labute approximate surface area is 60.1 Å². The number of nitrogens with two attached hydrogens (primary N) is 1. The second-order valence-electron chi connectivity index (χ2n) is 2.11. The highest BCUT2D eigenvalue weighted by molar-refractivity contribution is 4.92. The van der Waals surface area contributed by atoms with Crippen LogP contribution in [0.2, 0.25) is 0 Å². The lowest BCUT2D eigenvalue weighted by molar-refractivity contribution is 0.679. The minimum atomic E-state index is 0.467. The van der Waals surface area contributed by atoms with Gasteiger partial charge in [0.1, 0.15) is 11.6 Å². The second-order valence-corrected chi connectivity index (χ2v) is 2.11. The lowest BCUT2D eigenvalue weighted by Crippen LogP contribution is -2.08. The Morgan fingerprint density at radius 1 is 1.50 bits per heavy atom. The summed E-state index contributed by atoms with van der Waals surface area (Å²) in [6.07, 6.45) is 0. The molecule has 0 spiro atoms. The molecule has 1 rings (SSSR count). The summed E-state index contributed by atoms with van der Waals surface area (Å²) in [5, 5.41) is 7.78. The van der Waals surface area contributed by atoms with Crippen molar-refractivity contribution in [1.82, 2.24) is 14.8 Å². The van der Waals surface area contributed by atoms with Crippen molar-refractivity contribution in [2.45, 2.75) is 26.9 Å². The van der Waals surface area contributed by atoms with Crippen molar-refractivity contribution < 1.29 is 0 Å². The SMILES string of the molecule is CCn1c(C)nnc1CN. The van der Waals surface area contributed by atoms with Crippen LogP contribution >= 0.6 is 0 Å². The summed E-state index contributed by atoms with van der Waals surface area (Å²) in [6, 6.07) is 0. The van der Waals surface area contributed by atoms with Gasteiger partial charge in [0.05, 0.1) is 6.54 Å². The third kappa shape index (κ3) is 1.02. The van der Waals surface area contributed by atoms with Gasteiger partial charge in [-0.1, -0.05) is 0 Å². The highest BCUT2D eigenvalue weighted by atomic mass is 15.3. The summed E-state index contributed by atoms with van der Waals surface area (Å²) in [5.74, 6) is 1.79. The monoisotopic (exact) mass is 140 g/mol. The van der Waals surface area contributed by atoms with E-state index in [1.54, 1.807) is 0 Å². The van der Waals surface area contributed by atoms with Crippen molar-refractivity contribution in [2.24, 2.45) is 5.73 Å². The zero-order chi connectivity index (χ0) is 7.56. The smallest absolute Gasteiger partial charge is 0.146 e. The maximum atomic E-state index is 5.42. The van der Waals surface area contributed by atoms with Crippen molar-refractivity contribution in [2.75, 3.05) is 0 Å². The Bertz CT molecular complexity index is 216. The molecule has 1 aromatic rings. The first-order chi connectivity index (χ1) is 4.79. The molecule has 0 atom stereocenters. The quantitative estimate of drug-likeness (QED) is 0.632. The number of aromatic nitrogens is 3. The molecule has 0 saturated carbocycles. The highest BCUT2D eigenvalue weighted by Crippen LogP contribution is 1.98. The van der Waals surface area contributed by atoms with Crippen LogP contribution < -0.4 is 5.73 Å². The summed E-state index contributed by atoms with van der Waals surface area (Å²) in [6.45, 7) is 5.34. The molecule has 0 saturated heterocycles. The normalized spacial score (nSPS) is 10.3. The molecule has 0 radical (unpaired) electrons. The summed E-state index contributed by atoms with van der Waals surface area (Å²) in [7, 11) is 0.